The van der Waals surface area contributed by atoms with E-state index in [1.807, 2.05) is 12.1 Å². The summed E-state index contributed by atoms with van der Waals surface area (Å²) in [7, 11) is 0. The number of hydrogen-bond donors (Lipinski definition) is 4. The van der Waals surface area contributed by atoms with Crippen LogP contribution in [0, 0.1) is 0 Å². The van der Waals surface area contributed by atoms with Gasteiger partial charge < -0.3 is 21.4 Å². The number of hydrogen-bond acceptors (Lipinski definition) is 2. The van der Waals surface area contributed by atoms with Gasteiger partial charge in [-0.3, -0.25) is 0 Å². The number of nitrogens with one attached hydrogen (secondary N) is 2. The van der Waals surface area contributed by atoms with Crippen LogP contribution in [-0.2, 0) is 0 Å². The van der Waals surface area contributed by atoms with Crippen LogP contribution in [0.3, 0.4) is 0 Å². The predicted octanol–water partition coefficient (Wildman–Crippen LogP) is 7.45. The number of aromatic amines is 2. The molecule has 7 aromatic rings. The Morgan fingerprint density at radius 2 is 0.794 bits per heavy atom. The first-order valence-electron chi connectivity index (χ1n) is 11.4. The first-order chi connectivity index (χ1) is 16.7. The molecular formula is C30H22N4. The van der Waals surface area contributed by atoms with E-state index < -0.39 is 0 Å². The topological polar surface area (TPSA) is 83.6 Å². The molecule has 0 amide bonds. The molecule has 0 saturated heterocycles. The summed E-state index contributed by atoms with van der Waals surface area (Å²) in [5.74, 6) is 0. The van der Waals surface area contributed by atoms with Crippen LogP contribution in [0.5, 0.6) is 0 Å². The van der Waals surface area contributed by atoms with Crippen LogP contribution >= 0.6 is 0 Å². The maximum absolute atomic E-state index is 6.71. The van der Waals surface area contributed by atoms with E-state index in [-0.39, 0.29) is 0 Å². The number of nitrogens with two attached hydrogens (primary N) is 2. The predicted molar refractivity (Wildman–Crippen MR) is 145 cm³/mol. The smallest absolute Gasteiger partial charge is 0.0634 e. The number of benzene rings is 5. The van der Waals surface area contributed by atoms with Gasteiger partial charge in [-0.2, -0.15) is 0 Å². The Morgan fingerprint density at radius 1 is 0.382 bits per heavy atom. The van der Waals surface area contributed by atoms with Gasteiger partial charge in [-0.05, 0) is 12.1 Å². The number of aromatic nitrogens is 2. The fourth-order valence-electron chi connectivity index (χ4n) is 5.30. The van der Waals surface area contributed by atoms with E-state index in [4.69, 9.17) is 11.5 Å². The van der Waals surface area contributed by atoms with E-state index in [0.717, 1.165) is 44.3 Å². The zero-order valence-corrected chi connectivity index (χ0v) is 18.4. The Bertz CT molecular complexity index is 1750. The summed E-state index contributed by atoms with van der Waals surface area (Å²) in [6, 6.07) is 33.5. The maximum Gasteiger partial charge on any atom is 0.0634 e. The van der Waals surface area contributed by atoms with Gasteiger partial charge in [0.15, 0.2) is 0 Å². The minimum Gasteiger partial charge on any atom is -0.397 e. The van der Waals surface area contributed by atoms with E-state index in [0.29, 0.717) is 11.4 Å². The molecule has 0 aliphatic heterocycles. The number of para-hydroxylation sites is 4. The summed E-state index contributed by atoms with van der Waals surface area (Å²) in [5.41, 5.74) is 22.9. The summed E-state index contributed by atoms with van der Waals surface area (Å²) in [4.78, 5) is 7.15. The third kappa shape index (κ3) is 2.54. The lowest BCUT2D eigenvalue weighted by molar-refractivity contribution is 1.52. The lowest BCUT2D eigenvalue weighted by atomic mass is 9.94. The first-order valence-corrected chi connectivity index (χ1v) is 11.4. The minimum atomic E-state index is 0.594. The van der Waals surface area contributed by atoms with Crippen molar-refractivity contribution in [1.29, 1.82) is 0 Å². The fourth-order valence-corrected chi connectivity index (χ4v) is 5.30. The molecule has 0 aliphatic rings. The molecule has 4 nitrogen and oxygen atoms in total. The average Bonchev–Trinajstić information content (AvgIpc) is 3.44. The Kier molecular flexibility index (Phi) is 3.82. The molecule has 162 valence electrons. The van der Waals surface area contributed by atoms with Gasteiger partial charge in [0.05, 0.1) is 22.4 Å². The molecule has 0 atom stereocenters. The maximum atomic E-state index is 6.71. The Balaban J connectivity index is 1.45. The number of rotatable bonds is 2. The molecule has 5 aromatic carbocycles. The molecule has 4 heteroatoms. The fraction of sp³-hybridized carbons (Fsp3) is 0. The highest BCUT2D eigenvalue weighted by atomic mass is 14.7. The summed E-state index contributed by atoms with van der Waals surface area (Å²) >= 11 is 0. The largest absolute Gasteiger partial charge is 0.397 e. The van der Waals surface area contributed by atoms with Gasteiger partial charge in [0.1, 0.15) is 0 Å². The second-order valence-corrected chi connectivity index (χ2v) is 8.79. The molecule has 0 fully saturated rings. The molecule has 0 aliphatic carbocycles. The van der Waals surface area contributed by atoms with Crippen molar-refractivity contribution in [2.45, 2.75) is 0 Å². The third-order valence-corrected chi connectivity index (χ3v) is 6.95. The second kappa shape index (κ2) is 6.90. The Labute approximate surface area is 195 Å². The van der Waals surface area contributed by atoms with Crippen molar-refractivity contribution in [3.05, 3.63) is 97.1 Å². The number of fused-ring (bicyclic) bond motifs is 6. The molecule has 7 rings (SSSR count). The van der Waals surface area contributed by atoms with Crippen molar-refractivity contribution >= 4 is 55.0 Å². The molecule has 0 saturated carbocycles. The summed E-state index contributed by atoms with van der Waals surface area (Å²) in [6.45, 7) is 0. The van der Waals surface area contributed by atoms with Crippen LogP contribution in [-0.4, -0.2) is 9.97 Å². The van der Waals surface area contributed by atoms with Crippen molar-refractivity contribution < 1.29 is 0 Å². The van der Waals surface area contributed by atoms with Crippen molar-refractivity contribution in [3.8, 4) is 22.3 Å². The van der Waals surface area contributed by atoms with Crippen LogP contribution in [0.15, 0.2) is 97.1 Å². The molecule has 34 heavy (non-hydrogen) atoms. The molecule has 2 heterocycles. The zero-order valence-electron chi connectivity index (χ0n) is 18.4. The minimum absolute atomic E-state index is 0.594. The lowest BCUT2D eigenvalue weighted by Crippen LogP contribution is -2.00. The molecule has 0 radical (unpaired) electrons. The van der Waals surface area contributed by atoms with Crippen LogP contribution in [0.25, 0.3) is 65.9 Å². The number of nitrogen functional groups attached to an aromatic ring is 2. The monoisotopic (exact) mass is 438 g/mol. The van der Waals surface area contributed by atoms with Crippen molar-refractivity contribution in [1.82, 2.24) is 9.97 Å². The SMILES string of the molecule is Nc1c(-c2cccc3c2[nH]c2ccccc23)ccc(-c2cccc3c2[nH]c2ccccc23)c1N. The van der Waals surface area contributed by atoms with Crippen LogP contribution in [0.4, 0.5) is 11.4 Å². The van der Waals surface area contributed by atoms with Crippen LogP contribution < -0.4 is 11.5 Å². The van der Waals surface area contributed by atoms with Gasteiger partial charge in [0, 0.05) is 54.8 Å². The van der Waals surface area contributed by atoms with Crippen molar-refractivity contribution in [2.24, 2.45) is 0 Å². The molecule has 0 spiro atoms. The van der Waals surface area contributed by atoms with Gasteiger partial charge in [0.25, 0.3) is 0 Å². The van der Waals surface area contributed by atoms with E-state index in [2.05, 4.69) is 94.9 Å². The number of anilines is 2. The summed E-state index contributed by atoms with van der Waals surface area (Å²) < 4.78 is 0. The van der Waals surface area contributed by atoms with Gasteiger partial charge in [0.2, 0.25) is 0 Å². The molecule has 6 N–H and O–H groups in total. The van der Waals surface area contributed by atoms with E-state index in [1.54, 1.807) is 0 Å². The summed E-state index contributed by atoms with van der Waals surface area (Å²) in [5, 5.41) is 4.76. The van der Waals surface area contributed by atoms with E-state index in [1.165, 1.54) is 21.5 Å². The van der Waals surface area contributed by atoms with Crippen molar-refractivity contribution in [2.75, 3.05) is 11.5 Å². The van der Waals surface area contributed by atoms with E-state index in [9.17, 15) is 0 Å². The van der Waals surface area contributed by atoms with Gasteiger partial charge in [-0.15, -0.1) is 0 Å². The molecule has 0 unspecified atom stereocenters. The molecule has 0 bridgehead atoms. The number of H-pyrrole nitrogens is 2. The first kappa shape index (κ1) is 18.8. The highest BCUT2D eigenvalue weighted by Gasteiger charge is 2.17. The highest BCUT2D eigenvalue weighted by Crippen LogP contribution is 2.43. The average molecular weight is 439 g/mol. The third-order valence-electron chi connectivity index (χ3n) is 6.95. The normalized spacial score (nSPS) is 11.8. The van der Waals surface area contributed by atoms with Gasteiger partial charge in [-0.1, -0.05) is 84.9 Å². The highest BCUT2D eigenvalue weighted by molar-refractivity contribution is 6.15. The van der Waals surface area contributed by atoms with Crippen molar-refractivity contribution in [3.63, 3.8) is 0 Å². The van der Waals surface area contributed by atoms with Gasteiger partial charge in [-0.25, -0.2) is 0 Å². The summed E-state index contributed by atoms with van der Waals surface area (Å²) in [6.07, 6.45) is 0. The van der Waals surface area contributed by atoms with Crippen LogP contribution in [0.1, 0.15) is 0 Å². The second-order valence-electron chi connectivity index (χ2n) is 8.79. The van der Waals surface area contributed by atoms with Gasteiger partial charge >= 0.3 is 0 Å². The molecular weight excluding hydrogens is 416 g/mol. The van der Waals surface area contributed by atoms with Crippen LogP contribution in [0.2, 0.25) is 0 Å². The zero-order chi connectivity index (χ0) is 22.8. The quantitative estimate of drug-likeness (QED) is 0.211. The standard InChI is InChI=1S/C30H22N4/c31-27-19(23-11-5-9-21-17-7-1-3-13-25(17)33-29(21)23)15-16-20(28(27)32)24-12-6-10-22-18-8-2-4-14-26(18)34-30(22)24/h1-16,33-34H,31-32H2. The Hall–Kier alpha value is -4.70. The van der Waals surface area contributed by atoms with E-state index >= 15 is 0 Å². The Morgan fingerprint density at radius 3 is 1.26 bits per heavy atom. The molecule has 2 aromatic heterocycles. The lowest BCUT2D eigenvalue weighted by Gasteiger charge is -2.15.